The first kappa shape index (κ1) is 12.0. The van der Waals surface area contributed by atoms with Crippen molar-refractivity contribution < 1.29 is 28.1 Å². The highest BCUT2D eigenvalue weighted by molar-refractivity contribution is 5.55. The van der Waals surface area contributed by atoms with E-state index in [0.717, 1.165) is 19.2 Å². The molecule has 0 aromatic heterocycles. The molecular weight excluding hydrogens is 237 g/mol. The van der Waals surface area contributed by atoms with Crippen LogP contribution in [0.2, 0.25) is 0 Å². The Balaban J connectivity index is 2.57. The van der Waals surface area contributed by atoms with Crippen LogP contribution in [0.4, 0.5) is 13.2 Å². The molecule has 0 radical (unpaired) electrons. The number of rotatable bonds is 2. The number of hydrogen-bond donors (Lipinski definition) is 2. The second-order valence-electron chi connectivity index (χ2n) is 4.07. The van der Waals surface area contributed by atoms with Crippen LogP contribution in [0.1, 0.15) is 24.0 Å². The lowest BCUT2D eigenvalue weighted by Crippen LogP contribution is -2.11. The summed E-state index contributed by atoms with van der Waals surface area (Å²) in [4.78, 5) is 0. The van der Waals surface area contributed by atoms with E-state index in [1.165, 1.54) is 0 Å². The maximum absolute atomic E-state index is 12.6. The van der Waals surface area contributed by atoms with Crippen LogP contribution in [0, 0.1) is 0 Å². The molecule has 1 saturated carbocycles. The maximum atomic E-state index is 12.6. The fourth-order valence-electron chi connectivity index (χ4n) is 1.76. The number of phenolic OH excluding ortho intramolecular Hbond substituents is 1. The summed E-state index contributed by atoms with van der Waals surface area (Å²) in [5.41, 5.74) is -2.17. The van der Waals surface area contributed by atoms with Crippen LogP contribution in [-0.4, -0.2) is 17.3 Å². The second-order valence-corrected chi connectivity index (χ2v) is 4.07. The fourth-order valence-corrected chi connectivity index (χ4v) is 1.76. The summed E-state index contributed by atoms with van der Waals surface area (Å²) in [5.74, 6) is -1.28. The van der Waals surface area contributed by atoms with Gasteiger partial charge in [0.1, 0.15) is 5.56 Å². The van der Waals surface area contributed by atoms with Crippen molar-refractivity contribution in [1.82, 2.24) is 0 Å². The van der Waals surface area contributed by atoms with Crippen molar-refractivity contribution >= 4 is 0 Å². The average molecular weight is 248 g/mol. The number of ether oxygens (including phenoxy) is 1. The van der Waals surface area contributed by atoms with E-state index in [1.807, 2.05) is 0 Å². The van der Waals surface area contributed by atoms with E-state index < -0.39 is 28.8 Å². The average Bonchev–Trinajstić information content (AvgIpc) is 2.95. The predicted molar refractivity (Wildman–Crippen MR) is 52.8 cm³/mol. The third-order valence-corrected chi connectivity index (χ3v) is 2.87. The van der Waals surface area contributed by atoms with Crippen LogP contribution < -0.4 is 4.74 Å². The van der Waals surface area contributed by atoms with Gasteiger partial charge in [-0.2, -0.15) is 13.2 Å². The van der Waals surface area contributed by atoms with Gasteiger partial charge in [-0.05, 0) is 18.9 Å². The highest BCUT2D eigenvalue weighted by atomic mass is 19.4. The van der Waals surface area contributed by atoms with Gasteiger partial charge in [0, 0.05) is 5.56 Å². The van der Waals surface area contributed by atoms with Gasteiger partial charge < -0.3 is 14.9 Å². The maximum Gasteiger partial charge on any atom is 0.420 e. The zero-order chi connectivity index (χ0) is 12.8. The third-order valence-electron chi connectivity index (χ3n) is 2.87. The number of phenols is 1. The molecule has 17 heavy (non-hydrogen) atoms. The third kappa shape index (κ3) is 1.93. The minimum Gasteiger partial charge on any atom is -0.504 e. The molecule has 3 nitrogen and oxygen atoms in total. The number of aliphatic hydroxyl groups is 1. The summed E-state index contributed by atoms with van der Waals surface area (Å²) in [6.07, 6.45) is -3.75. The first-order valence-corrected chi connectivity index (χ1v) is 4.99. The molecule has 6 heteroatoms. The first-order valence-electron chi connectivity index (χ1n) is 4.99. The number of aromatic hydroxyl groups is 1. The van der Waals surface area contributed by atoms with Gasteiger partial charge in [0.2, 0.25) is 0 Å². The monoisotopic (exact) mass is 248 g/mol. The van der Waals surface area contributed by atoms with E-state index in [0.29, 0.717) is 12.8 Å². The van der Waals surface area contributed by atoms with Gasteiger partial charge in [-0.15, -0.1) is 0 Å². The van der Waals surface area contributed by atoms with E-state index >= 15 is 0 Å². The van der Waals surface area contributed by atoms with Crippen molar-refractivity contribution in [3.63, 3.8) is 0 Å². The Labute approximate surface area is 95.4 Å². The highest BCUT2D eigenvalue weighted by Gasteiger charge is 2.46. The molecule has 0 saturated heterocycles. The Morgan fingerprint density at radius 3 is 2.29 bits per heavy atom. The van der Waals surface area contributed by atoms with Crippen molar-refractivity contribution in [2.24, 2.45) is 0 Å². The number of benzene rings is 1. The van der Waals surface area contributed by atoms with E-state index in [-0.39, 0.29) is 5.56 Å². The molecule has 1 aromatic rings. The zero-order valence-electron chi connectivity index (χ0n) is 9.01. The van der Waals surface area contributed by atoms with Gasteiger partial charge in [0.25, 0.3) is 0 Å². The van der Waals surface area contributed by atoms with Gasteiger partial charge in [-0.1, -0.05) is 6.07 Å². The summed E-state index contributed by atoms with van der Waals surface area (Å²) in [6.45, 7) is 0. The van der Waals surface area contributed by atoms with Crippen LogP contribution in [0.15, 0.2) is 12.1 Å². The summed E-state index contributed by atoms with van der Waals surface area (Å²) < 4.78 is 42.4. The molecule has 2 rings (SSSR count). The summed E-state index contributed by atoms with van der Waals surface area (Å²) in [5, 5.41) is 19.5. The molecular formula is C11H11F3O3. The van der Waals surface area contributed by atoms with Crippen LogP contribution in [0.3, 0.4) is 0 Å². The van der Waals surface area contributed by atoms with E-state index in [1.54, 1.807) is 0 Å². The molecule has 0 spiro atoms. The molecule has 1 aliphatic carbocycles. The highest BCUT2D eigenvalue weighted by Crippen LogP contribution is 2.53. The van der Waals surface area contributed by atoms with E-state index in [9.17, 15) is 23.4 Å². The van der Waals surface area contributed by atoms with E-state index in [4.69, 9.17) is 0 Å². The molecule has 0 amide bonds. The summed E-state index contributed by atoms with van der Waals surface area (Å²) in [6, 6.07) is 1.90. The number of methoxy groups -OCH3 is 1. The Kier molecular flexibility index (Phi) is 2.50. The Bertz CT molecular complexity index is 450. The summed E-state index contributed by atoms with van der Waals surface area (Å²) in [7, 11) is 1.05. The molecule has 0 bridgehead atoms. The number of hydrogen-bond acceptors (Lipinski definition) is 3. The topological polar surface area (TPSA) is 49.7 Å². The van der Waals surface area contributed by atoms with Gasteiger partial charge in [-0.25, -0.2) is 0 Å². The fraction of sp³-hybridized carbons (Fsp3) is 0.455. The lowest BCUT2D eigenvalue weighted by Gasteiger charge is -2.17. The lowest BCUT2D eigenvalue weighted by molar-refractivity contribution is -0.139. The van der Waals surface area contributed by atoms with Crippen molar-refractivity contribution in [1.29, 1.82) is 0 Å². The molecule has 0 atom stereocenters. The Morgan fingerprint density at radius 2 is 1.88 bits per heavy atom. The quantitative estimate of drug-likeness (QED) is 0.844. The molecule has 94 valence electrons. The van der Waals surface area contributed by atoms with Gasteiger partial charge in [0.15, 0.2) is 11.5 Å². The minimum absolute atomic E-state index is 0.0855. The van der Waals surface area contributed by atoms with Crippen LogP contribution >= 0.6 is 0 Å². The van der Waals surface area contributed by atoms with Crippen molar-refractivity contribution in [3.05, 3.63) is 23.3 Å². The predicted octanol–water partition coefficient (Wildman–Crippen LogP) is 2.40. The SMILES string of the molecule is COc1c(C(F)(F)F)ccc(C2(O)CC2)c1O. The first-order chi connectivity index (χ1) is 7.79. The van der Waals surface area contributed by atoms with Crippen molar-refractivity contribution in [2.45, 2.75) is 24.6 Å². The largest absolute Gasteiger partial charge is 0.504 e. The van der Waals surface area contributed by atoms with Gasteiger partial charge in [0.05, 0.1) is 12.7 Å². The van der Waals surface area contributed by atoms with Gasteiger partial charge >= 0.3 is 6.18 Å². The molecule has 1 aliphatic rings. The molecule has 0 heterocycles. The Morgan fingerprint density at radius 1 is 1.29 bits per heavy atom. The lowest BCUT2D eigenvalue weighted by atomic mass is 10.0. The summed E-state index contributed by atoms with van der Waals surface area (Å²) >= 11 is 0. The van der Waals surface area contributed by atoms with Gasteiger partial charge in [-0.3, -0.25) is 0 Å². The van der Waals surface area contributed by atoms with Crippen LogP contribution in [-0.2, 0) is 11.8 Å². The standard InChI is InChI=1S/C11H11F3O3/c1-17-9-7(11(12,13)14)3-2-6(8(9)15)10(16)4-5-10/h2-3,15-16H,4-5H2,1H3. The Hall–Kier alpha value is -1.43. The van der Waals surface area contributed by atoms with E-state index in [2.05, 4.69) is 4.74 Å². The smallest absolute Gasteiger partial charge is 0.420 e. The number of alkyl halides is 3. The zero-order valence-corrected chi connectivity index (χ0v) is 9.01. The molecule has 1 aromatic carbocycles. The number of halogens is 3. The molecule has 2 N–H and O–H groups in total. The normalized spacial score (nSPS) is 17.9. The van der Waals surface area contributed by atoms with Crippen molar-refractivity contribution in [3.8, 4) is 11.5 Å². The van der Waals surface area contributed by atoms with Crippen molar-refractivity contribution in [2.75, 3.05) is 7.11 Å². The van der Waals surface area contributed by atoms with Crippen LogP contribution in [0.25, 0.3) is 0 Å². The second kappa shape index (κ2) is 3.53. The van der Waals surface area contributed by atoms with Crippen LogP contribution in [0.5, 0.6) is 11.5 Å². The molecule has 0 unspecified atom stereocenters. The molecule has 1 fully saturated rings. The molecule has 0 aliphatic heterocycles. The minimum atomic E-state index is -4.60.